The van der Waals surface area contributed by atoms with Gasteiger partial charge in [0.15, 0.2) is 0 Å². The van der Waals surface area contributed by atoms with Gasteiger partial charge in [0.25, 0.3) is 0 Å². The molecule has 0 aliphatic heterocycles. The van der Waals surface area contributed by atoms with Gasteiger partial charge in [0.2, 0.25) is 5.91 Å². The van der Waals surface area contributed by atoms with Crippen LogP contribution in [0.25, 0.3) is 21.8 Å². The molecule has 2 N–H and O–H groups in total. The number of hydrogen-bond donors (Lipinski definition) is 1. The van der Waals surface area contributed by atoms with E-state index in [1.807, 2.05) is 25.1 Å². The summed E-state index contributed by atoms with van der Waals surface area (Å²) in [6, 6.07) is 13.2. The molecule has 0 atom stereocenters. The number of halogens is 4. The Morgan fingerprint density at radius 3 is 2.45 bits per heavy atom. The van der Waals surface area contributed by atoms with Gasteiger partial charge in [-0.1, -0.05) is 24.3 Å². The third-order valence-electron chi connectivity index (χ3n) is 5.02. The van der Waals surface area contributed by atoms with E-state index in [0.29, 0.717) is 22.5 Å². The Kier molecular flexibility index (Phi) is 4.33. The lowest BCUT2D eigenvalue weighted by atomic mass is 10.1. The molecule has 1 heterocycles. The highest BCUT2D eigenvalue weighted by Gasteiger charge is 2.31. The van der Waals surface area contributed by atoms with E-state index in [1.165, 1.54) is 0 Å². The molecule has 0 aliphatic rings. The van der Waals surface area contributed by atoms with Crippen LogP contribution in [0.3, 0.4) is 0 Å². The summed E-state index contributed by atoms with van der Waals surface area (Å²) >= 11 is 0. The third-order valence-corrected chi connectivity index (χ3v) is 5.02. The van der Waals surface area contributed by atoms with Crippen molar-refractivity contribution in [2.45, 2.75) is 19.6 Å². The number of carbonyl (C=O) groups excluding carboxylic acids is 1. The van der Waals surface area contributed by atoms with Crippen molar-refractivity contribution in [1.82, 2.24) is 4.57 Å². The number of fused-ring (bicyclic) bond motifs is 3. The number of carbonyl (C=O) groups is 1. The van der Waals surface area contributed by atoms with Crippen LogP contribution in [0.15, 0.2) is 54.6 Å². The smallest absolute Gasteiger partial charge is 0.366 e. The maximum atomic E-state index is 14.5. The topological polar surface area (TPSA) is 48.0 Å². The van der Waals surface area contributed by atoms with Gasteiger partial charge in [0.1, 0.15) is 5.82 Å². The highest BCUT2D eigenvalue weighted by atomic mass is 19.4. The zero-order chi connectivity index (χ0) is 20.9. The van der Waals surface area contributed by atoms with Gasteiger partial charge in [-0.05, 0) is 42.8 Å². The van der Waals surface area contributed by atoms with Crippen LogP contribution < -0.4 is 5.73 Å². The summed E-state index contributed by atoms with van der Waals surface area (Å²) in [7, 11) is 0. The molecule has 0 unspecified atom stereocenters. The predicted molar refractivity (Wildman–Crippen MR) is 103 cm³/mol. The van der Waals surface area contributed by atoms with Gasteiger partial charge in [-0.2, -0.15) is 13.2 Å². The molecule has 1 amide bonds. The van der Waals surface area contributed by atoms with Gasteiger partial charge in [0.05, 0.1) is 17.6 Å². The Morgan fingerprint density at radius 2 is 1.79 bits per heavy atom. The zero-order valence-electron chi connectivity index (χ0n) is 15.3. The number of aromatic nitrogens is 1. The molecule has 0 saturated heterocycles. The summed E-state index contributed by atoms with van der Waals surface area (Å²) in [5, 5.41) is 1.41. The van der Waals surface area contributed by atoms with Crippen LogP contribution >= 0.6 is 0 Å². The number of aryl methyl sites for hydroxylation is 1. The lowest BCUT2D eigenvalue weighted by molar-refractivity contribution is -0.137. The first-order chi connectivity index (χ1) is 13.7. The van der Waals surface area contributed by atoms with Crippen LogP contribution in [0.4, 0.5) is 17.6 Å². The van der Waals surface area contributed by atoms with Crippen LogP contribution in [-0.2, 0) is 12.7 Å². The molecule has 4 rings (SSSR count). The van der Waals surface area contributed by atoms with E-state index < -0.39 is 23.5 Å². The minimum atomic E-state index is -4.61. The molecule has 0 bridgehead atoms. The second-order valence-corrected chi connectivity index (χ2v) is 6.97. The second-order valence-electron chi connectivity index (χ2n) is 6.97. The van der Waals surface area contributed by atoms with Crippen molar-refractivity contribution < 1.29 is 22.4 Å². The van der Waals surface area contributed by atoms with E-state index in [-0.39, 0.29) is 12.1 Å². The van der Waals surface area contributed by atoms with Gasteiger partial charge >= 0.3 is 6.18 Å². The zero-order valence-corrected chi connectivity index (χ0v) is 15.3. The molecule has 1 aromatic heterocycles. The quantitative estimate of drug-likeness (QED) is 0.460. The summed E-state index contributed by atoms with van der Waals surface area (Å²) < 4.78 is 54.8. The van der Waals surface area contributed by atoms with Crippen LogP contribution in [0.2, 0.25) is 0 Å². The first kappa shape index (κ1) is 19.0. The molecule has 0 radical (unpaired) electrons. The fourth-order valence-electron chi connectivity index (χ4n) is 3.65. The van der Waals surface area contributed by atoms with E-state index in [9.17, 15) is 22.4 Å². The Labute approximate surface area is 163 Å². The first-order valence-corrected chi connectivity index (χ1v) is 8.84. The van der Waals surface area contributed by atoms with Crippen molar-refractivity contribution in [1.29, 1.82) is 0 Å². The van der Waals surface area contributed by atoms with Gasteiger partial charge in [-0.3, -0.25) is 4.79 Å². The Hall–Kier alpha value is -3.35. The Morgan fingerprint density at radius 1 is 1.03 bits per heavy atom. The molecule has 148 valence electrons. The predicted octanol–water partition coefficient (Wildman–Crippen LogP) is 5.41. The first-order valence-electron chi connectivity index (χ1n) is 8.84. The molecule has 7 heteroatoms. The number of alkyl halides is 3. The molecule has 29 heavy (non-hydrogen) atoms. The van der Waals surface area contributed by atoms with E-state index in [2.05, 4.69) is 0 Å². The van der Waals surface area contributed by atoms with Crippen molar-refractivity contribution in [2.24, 2.45) is 5.73 Å². The SMILES string of the molecule is Cc1ccc2c3c(C(N)=O)cccc3n(Cc3ccc(C(F)(F)F)cc3F)c2c1. The average Bonchev–Trinajstić information content (AvgIpc) is 2.95. The fourth-order valence-corrected chi connectivity index (χ4v) is 3.65. The maximum Gasteiger partial charge on any atom is 0.416 e. The Bertz CT molecular complexity index is 1270. The van der Waals surface area contributed by atoms with Crippen molar-refractivity contribution in [3.63, 3.8) is 0 Å². The van der Waals surface area contributed by atoms with Gasteiger partial charge in [-0.15, -0.1) is 0 Å². The van der Waals surface area contributed by atoms with Crippen LogP contribution in [0.5, 0.6) is 0 Å². The largest absolute Gasteiger partial charge is 0.416 e. The normalized spacial score (nSPS) is 12.0. The number of nitrogens with zero attached hydrogens (tertiary/aromatic N) is 1. The molecule has 3 nitrogen and oxygen atoms in total. The van der Waals surface area contributed by atoms with E-state index >= 15 is 0 Å². The number of amides is 1. The van der Waals surface area contributed by atoms with Crippen molar-refractivity contribution >= 4 is 27.7 Å². The highest BCUT2D eigenvalue weighted by Crippen LogP contribution is 2.34. The minimum Gasteiger partial charge on any atom is -0.366 e. The maximum absolute atomic E-state index is 14.5. The highest BCUT2D eigenvalue weighted by molar-refractivity contribution is 6.17. The lowest BCUT2D eigenvalue weighted by Gasteiger charge is -2.12. The second kappa shape index (κ2) is 6.62. The van der Waals surface area contributed by atoms with Crippen LogP contribution in [0, 0.1) is 12.7 Å². The molecule has 4 aromatic rings. The summed E-state index contributed by atoms with van der Waals surface area (Å²) in [4.78, 5) is 11.9. The third kappa shape index (κ3) is 3.22. The minimum absolute atomic E-state index is 0.00956. The summed E-state index contributed by atoms with van der Waals surface area (Å²) in [5.74, 6) is -1.52. The standard InChI is InChI=1S/C22H16F4N2O/c1-12-5-8-15-19(9-12)28(18-4-2-3-16(20(15)18)21(27)29)11-13-6-7-14(10-17(13)23)22(24,25)26/h2-10H,11H2,1H3,(H2,27,29). The summed E-state index contributed by atoms with van der Waals surface area (Å²) in [6.07, 6.45) is -4.61. The van der Waals surface area contributed by atoms with Crippen molar-refractivity contribution in [3.8, 4) is 0 Å². The molecular formula is C22H16F4N2O. The summed E-state index contributed by atoms with van der Waals surface area (Å²) in [6.45, 7) is 1.91. The number of hydrogen-bond acceptors (Lipinski definition) is 1. The van der Waals surface area contributed by atoms with Gasteiger partial charge in [0, 0.05) is 27.4 Å². The molecule has 3 aromatic carbocycles. The molecule has 0 saturated carbocycles. The Balaban J connectivity index is 1.95. The monoisotopic (exact) mass is 400 g/mol. The lowest BCUT2D eigenvalue weighted by Crippen LogP contribution is -2.11. The van der Waals surface area contributed by atoms with Crippen molar-refractivity contribution in [3.05, 3.63) is 82.7 Å². The van der Waals surface area contributed by atoms with Gasteiger partial charge in [-0.25, -0.2) is 4.39 Å². The summed E-state index contributed by atoms with van der Waals surface area (Å²) in [5.41, 5.74) is 7.30. The molecular weight excluding hydrogens is 384 g/mol. The van der Waals surface area contributed by atoms with Crippen LogP contribution in [0.1, 0.15) is 27.0 Å². The van der Waals surface area contributed by atoms with E-state index in [4.69, 9.17) is 5.73 Å². The number of primary amides is 1. The van der Waals surface area contributed by atoms with Crippen molar-refractivity contribution in [2.75, 3.05) is 0 Å². The van der Waals surface area contributed by atoms with Crippen LogP contribution in [-0.4, -0.2) is 10.5 Å². The fraction of sp³-hybridized carbons (Fsp3) is 0.136. The molecule has 0 fully saturated rings. The average molecular weight is 400 g/mol. The van der Waals surface area contributed by atoms with E-state index in [0.717, 1.165) is 28.6 Å². The number of benzene rings is 3. The number of nitrogens with two attached hydrogens (primary N) is 1. The van der Waals surface area contributed by atoms with Gasteiger partial charge < -0.3 is 10.3 Å². The molecule has 0 aliphatic carbocycles. The van der Waals surface area contributed by atoms with E-state index in [1.54, 1.807) is 22.8 Å². The number of rotatable bonds is 3. The molecule has 0 spiro atoms.